The Morgan fingerprint density at radius 1 is 0.455 bits per heavy atom. The highest BCUT2D eigenvalue weighted by molar-refractivity contribution is 4.73. The van der Waals surface area contributed by atoms with Crippen molar-refractivity contribution in [3.05, 3.63) is 0 Å². The summed E-state index contributed by atoms with van der Waals surface area (Å²) in [6.07, 6.45) is 30.0. The van der Waals surface area contributed by atoms with Crippen LogP contribution >= 0.6 is 0 Å². The maximum absolute atomic E-state index is 9.26. The van der Waals surface area contributed by atoms with Crippen LogP contribution in [0.15, 0.2) is 0 Å². The van der Waals surface area contributed by atoms with Gasteiger partial charge in [0, 0.05) is 25.3 Å². The molecule has 2 N–H and O–H groups in total. The van der Waals surface area contributed by atoms with Gasteiger partial charge in [-0.2, -0.15) is 0 Å². The average Bonchev–Trinajstić information content (AvgIpc) is 2.80. The summed E-state index contributed by atoms with van der Waals surface area (Å²) in [6, 6.07) is 0.800. The molecule has 0 radical (unpaired) electrons. The topological polar surface area (TPSA) is 43.7 Å². The molecule has 0 fully saturated rings. The summed E-state index contributed by atoms with van der Waals surface area (Å²) in [5, 5.41) is 18.5. The Morgan fingerprint density at radius 3 is 1.00 bits per heavy atom. The van der Waals surface area contributed by atoms with Gasteiger partial charge in [0.15, 0.2) is 0 Å². The second kappa shape index (κ2) is 26.5. The molecule has 0 heterocycles. The van der Waals surface area contributed by atoms with Crippen molar-refractivity contribution in [3.8, 4) is 0 Å². The lowest BCUT2D eigenvalue weighted by molar-refractivity contribution is 0.106. The zero-order valence-electron chi connectivity index (χ0n) is 23.2. The third kappa shape index (κ3) is 22.1. The zero-order valence-corrected chi connectivity index (χ0v) is 23.2. The van der Waals surface area contributed by atoms with Gasteiger partial charge in [-0.05, 0) is 39.7 Å². The van der Waals surface area contributed by atoms with E-state index in [4.69, 9.17) is 0 Å². The third-order valence-electron chi connectivity index (χ3n) is 7.50. The molecule has 0 amide bonds. The minimum absolute atomic E-state index is 0.253. The standard InChI is InChI=1S/C30H63NO2/c1-4-5-6-7-8-9-10-11-12-13-14-15-16-17-18-19-20-21-22-23-26-31(29(2)24-27-32)30(3)25-28-33/h29-30,32-33H,4-28H2,1-3H3. The third-order valence-corrected chi connectivity index (χ3v) is 7.50. The number of nitrogens with zero attached hydrogens (tertiary/aromatic N) is 1. The zero-order chi connectivity index (χ0) is 24.4. The number of aliphatic hydroxyl groups excluding tert-OH is 2. The second-order valence-electron chi connectivity index (χ2n) is 10.7. The second-order valence-corrected chi connectivity index (χ2v) is 10.7. The number of aliphatic hydroxyl groups is 2. The Balaban J connectivity index is 3.40. The fraction of sp³-hybridized carbons (Fsp3) is 1.00. The predicted molar refractivity (Wildman–Crippen MR) is 147 cm³/mol. The van der Waals surface area contributed by atoms with Crippen molar-refractivity contribution in [1.29, 1.82) is 0 Å². The normalized spacial score (nSPS) is 13.6. The minimum Gasteiger partial charge on any atom is -0.396 e. The van der Waals surface area contributed by atoms with Crippen LogP contribution in [0, 0.1) is 0 Å². The van der Waals surface area contributed by atoms with E-state index in [2.05, 4.69) is 25.7 Å². The fourth-order valence-corrected chi connectivity index (χ4v) is 5.13. The summed E-state index contributed by atoms with van der Waals surface area (Å²) < 4.78 is 0. The van der Waals surface area contributed by atoms with Crippen LogP contribution in [-0.2, 0) is 0 Å². The summed E-state index contributed by atoms with van der Waals surface area (Å²) >= 11 is 0. The van der Waals surface area contributed by atoms with Crippen LogP contribution in [0.5, 0.6) is 0 Å². The molecule has 3 nitrogen and oxygen atoms in total. The molecule has 0 rings (SSSR count). The van der Waals surface area contributed by atoms with Crippen LogP contribution in [0.1, 0.15) is 162 Å². The van der Waals surface area contributed by atoms with Crippen molar-refractivity contribution in [1.82, 2.24) is 4.90 Å². The van der Waals surface area contributed by atoms with Crippen molar-refractivity contribution >= 4 is 0 Å². The maximum atomic E-state index is 9.26. The Morgan fingerprint density at radius 2 is 0.727 bits per heavy atom. The summed E-state index contributed by atoms with van der Waals surface area (Å²) in [7, 11) is 0. The van der Waals surface area contributed by atoms with Gasteiger partial charge in [0.05, 0.1) is 0 Å². The van der Waals surface area contributed by atoms with Gasteiger partial charge in [-0.25, -0.2) is 0 Å². The molecular weight excluding hydrogens is 406 g/mol. The van der Waals surface area contributed by atoms with E-state index >= 15 is 0 Å². The van der Waals surface area contributed by atoms with E-state index < -0.39 is 0 Å². The Kier molecular flexibility index (Phi) is 26.4. The predicted octanol–water partition coefficient (Wildman–Crippen LogP) is 8.65. The Labute approximate surface area is 209 Å². The van der Waals surface area contributed by atoms with E-state index in [9.17, 15) is 10.2 Å². The largest absolute Gasteiger partial charge is 0.396 e. The lowest BCUT2D eigenvalue weighted by atomic mass is 10.0. The molecule has 0 saturated heterocycles. The minimum atomic E-state index is 0.253. The lowest BCUT2D eigenvalue weighted by Gasteiger charge is -2.34. The molecule has 0 aliphatic carbocycles. The van der Waals surface area contributed by atoms with Gasteiger partial charge in [-0.1, -0.05) is 129 Å². The quantitative estimate of drug-likeness (QED) is 0.118. The van der Waals surface area contributed by atoms with E-state index in [-0.39, 0.29) is 13.2 Å². The highest BCUT2D eigenvalue weighted by atomic mass is 16.3. The molecular formula is C30H63NO2. The van der Waals surface area contributed by atoms with Crippen LogP contribution in [0.2, 0.25) is 0 Å². The first-order valence-electron chi connectivity index (χ1n) is 15.1. The monoisotopic (exact) mass is 469 g/mol. The fourth-order valence-electron chi connectivity index (χ4n) is 5.13. The highest BCUT2D eigenvalue weighted by Gasteiger charge is 2.18. The first-order chi connectivity index (χ1) is 16.2. The molecule has 0 spiro atoms. The molecule has 3 heteroatoms. The molecule has 2 atom stereocenters. The molecule has 2 unspecified atom stereocenters. The summed E-state index contributed by atoms with van der Waals surface area (Å²) in [5.41, 5.74) is 0. The SMILES string of the molecule is CCCCCCCCCCCCCCCCCCCCCCN(C(C)CCO)C(C)CCO. The molecule has 0 aromatic carbocycles. The van der Waals surface area contributed by atoms with Gasteiger partial charge in [-0.15, -0.1) is 0 Å². The van der Waals surface area contributed by atoms with Crippen LogP contribution in [-0.4, -0.2) is 47.0 Å². The molecule has 0 aliphatic heterocycles. The van der Waals surface area contributed by atoms with Crippen molar-refractivity contribution in [2.75, 3.05) is 19.8 Å². The molecule has 0 aromatic rings. The van der Waals surface area contributed by atoms with Crippen LogP contribution in [0.3, 0.4) is 0 Å². The van der Waals surface area contributed by atoms with Gasteiger partial charge in [-0.3, -0.25) is 4.90 Å². The summed E-state index contributed by atoms with van der Waals surface area (Å²) in [4.78, 5) is 2.49. The number of rotatable bonds is 27. The van der Waals surface area contributed by atoms with Crippen molar-refractivity contribution in [2.24, 2.45) is 0 Å². The van der Waals surface area contributed by atoms with Crippen LogP contribution in [0.4, 0.5) is 0 Å². The molecule has 33 heavy (non-hydrogen) atoms. The van der Waals surface area contributed by atoms with Crippen molar-refractivity contribution < 1.29 is 10.2 Å². The first kappa shape index (κ1) is 32.9. The van der Waals surface area contributed by atoms with E-state index in [1.807, 2.05) is 0 Å². The Hall–Kier alpha value is -0.120. The first-order valence-corrected chi connectivity index (χ1v) is 15.1. The van der Waals surface area contributed by atoms with Gasteiger partial charge >= 0.3 is 0 Å². The summed E-state index contributed by atoms with van der Waals surface area (Å²) in [5.74, 6) is 0. The molecule has 0 saturated carbocycles. The van der Waals surface area contributed by atoms with Gasteiger partial charge < -0.3 is 10.2 Å². The molecule has 0 bridgehead atoms. The van der Waals surface area contributed by atoms with E-state index in [1.165, 1.54) is 128 Å². The van der Waals surface area contributed by atoms with Crippen LogP contribution < -0.4 is 0 Å². The van der Waals surface area contributed by atoms with Crippen LogP contribution in [0.25, 0.3) is 0 Å². The number of unbranched alkanes of at least 4 members (excludes halogenated alkanes) is 19. The van der Waals surface area contributed by atoms with E-state index in [1.54, 1.807) is 0 Å². The van der Waals surface area contributed by atoms with Crippen molar-refractivity contribution in [3.63, 3.8) is 0 Å². The van der Waals surface area contributed by atoms with Gasteiger partial charge in [0.1, 0.15) is 0 Å². The van der Waals surface area contributed by atoms with Gasteiger partial charge in [0.25, 0.3) is 0 Å². The number of hydrogen-bond donors (Lipinski definition) is 2. The average molecular weight is 470 g/mol. The van der Waals surface area contributed by atoms with Crippen molar-refractivity contribution in [2.45, 2.75) is 174 Å². The van der Waals surface area contributed by atoms with E-state index in [0.29, 0.717) is 12.1 Å². The smallest absolute Gasteiger partial charge is 0.0445 e. The lowest BCUT2D eigenvalue weighted by Crippen LogP contribution is -2.41. The molecule has 200 valence electrons. The Bertz CT molecular complexity index is 351. The van der Waals surface area contributed by atoms with Gasteiger partial charge in [0.2, 0.25) is 0 Å². The highest BCUT2D eigenvalue weighted by Crippen LogP contribution is 2.16. The van der Waals surface area contributed by atoms with E-state index in [0.717, 1.165) is 19.4 Å². The molecule has 0 aliphatic rings. The number of hydrogen-bond acceptors (Lipinski definition) is 3. The summed E-state index contributed by atoms with van der Waals surface area (Å²) in [6.45, 7) is 8.32. The molecule has 0 aromatic heterocycles. The maximum Gasteiger partial charge on any atom is 0.0445 e.